The van der Waals surface area contributed by atoms with Crippen molar-refractivity contribution in [1.82, 2.24) is 9.88 Å². The van der Waals surface area contributed by atoms with E-state index >= 15 is 0 Å². The van der Waals surface area contributed by atoms with Gasteiger partial charge in [-0.2, -0.15) is 0 Å². The van der Waals surface area contributed by atoms with Crippen LogP contribution in [0.15, 0.2) is 84.7 Å². The smallest absolute Gasteiger partial charge is 0.278 e. The molecule has 30 heavy (non-hydrogen) atoms. The average molecular weight is 399 g/mol. The number of methoxy groups -OCH3 is 1. The highest BCUT2D eigenvalue weighted by Crippen LogP contribution is 2.37. The number of amides is 2. The van der Waals surface area contributed by atoms with Crippen LogP contribution in [0.25, 0.3) is 5.57 Å². The largest absolute Gasteiger partial charge is 0.496 e. The Hall–Kier alpha value is -3.93. The number of ether oxygens (including phenoxy) is 1. The molecule has 1 aliphatic heterocycles. The molecular formula is C24H21N3O3. The summed E-state index contributed by atoms with van der Waals surface area (Å²) >= 11 is 0. The number of carbonyl (C=O) groups is 2. The van der Waals surface area contributed by atoms with Gasteiger partial charge in [0.05, 0.1) is 24.9 Å². The SMILES string of the molecule is COc1ccccc1C1=C(N(C)c2ccccc2)C(=O)N(Cc2ccccn2)C1=O. The summed E-state index contributed by atoms with van der Waals surface area (Å²) in [5.74, 6) is -0.196. The van der Waals surface area contributed by atoms with Gasteiger partial charge in [0.1, 0.15) is 11.4 Å². The molecule has 0 unspecified atom stereocenters. The number of likely N-dealkylation sites (N-methyl/N-ethyl adjacent to an activating group) is 1. The maximum Gasteiger partial charge on any atom is 0.278 e. The third kappa shape index (κ3) is 3.43. The number of rotatable bonds is 6. The first-order valence-corrected chi connectivity index (χ1v) is 9.54. The van der Waals surface area contributed by atoms with Crippen LogP contribution < -0.4 is 9.64 Å². The van der Waals surface area contributed by atoms with Gasteiger partial charge in [0.2, 0.25) is 0 Å². The summed E-state index contributed by atoms with van der Waals surface area (Å²) in [5.41, 5.74) is 2.66. The summed E-state index contributed by atoms with van der Waals surface area (Å²) in [4.78, 5) is 34.2. The molecule has 150 valence electrons. The fourth-order valence-electron chi connectivity index (χ4n) is 3.55. The Kier molecular flexibility index (Phi) is 5.30. The van der Waals surface area contributed by atoms with Gasteiger partial charge in [0.15, 0.2) is 0 Å². The number of pyridine rings is 1. The predicted molar refractivity (Wildman–Crippen MR) is 115 cm³/mol. The number of hydrogen-bond acceptors (Lipinski definition) is 5. The maximum atomic E-state index is 13.5. The molecule has 0 bridgehead atoms. The summed E-state index contributed by atoms with van der Waals surface area (Å²) < 4.78 is 5.48. The van der Waals surface area contributed by atoms with Crippen molar-refractivity contribution < 1.29 is 14.3 Å². The third-order valence-electron chi connectivity index (χ3n) is 5.05. The van der Waals surface area contributed by atoms with Crippen molar-refractivity contribution in [2.75, 3.05) is 19.1 Å². The van der Waals surface area contributed by atoms with Crippen molar-refractivity contribution in [3.63, 3.8) is 0 Å². The van der Waals surface area contributed by atoms with Gasteiger partial charge in [-0.15, -0.1) is 0 Å². The highest BCUT2D eigenvalue weighted by molar-refractivity contribution is 6.37. The minimum atomic E-state index is -0.368. The second kappa shape index (κ2) is 8.21. The van der Waals surface area contributed by atoms with Crippen LogP contribution in [0.2, 0.25) is 0 Å². The van der Waals surface area contributed by atoms with Gasteiger partial charge in [0.25, 0.3) is 11.8 Å². The quantitative estimate of drug-likeness (QED) is 0.594. The molecule has 1 aromatic heterocycles. The van der Waals surface area contributed by atoms with Crippen LogP contribution in [0, 0.1) is 0 Å². The zero-order valence-corrected chi connectivity index (χ0v) is 16.8. The van der Waals surface area contributed by atoms with Crippen LogP contribution in [0.5, 0.6) is 5.75 Å². The van der Waals surface area contributed by atoms with E-state index in [4.69, 9.17) is 4.74 Å². The van der Waals surface area contributed by atoms with Gasteiger partial charge in [-0.1, -0.05) is 42.5 Å². The Morgan fingerprint density at radius 3 is 2.30 bits per heavy atom. The molecule has 6 heteroatoms. The average Bonchev–Trinajstić information content (AvgIpc) is 3.04. The van der Waals surface area contributed by atoms with E-state index in [1.165, 1.54) is 4.90 Å². The van der Waals surface area contributed by atoms with Crippen molar-refractivity contribution in [3.05, 3.63) is 95.9 Å². The fourth-order valence-corrected chi connectivity index (χ4v) is 3.55. The Morgan fingerprint density at radius 1 is 0.900 bits per heavy atom. The molecule has 0 atom stereocenters. The van der Waals surface area contributed by atoms with Gasteiger partial charge in [-0.3, -0.25) is 19.5 Å². The highest BCUT2D eigenvalue weighted by Gasteiger charge is 2.42. The first-order chi connectivity index (χ1) is 14.6. The van der Waals surface area contributed by atoms with Crippen LogP contribution in [0.4, 0.5) is 5.69 Å². The zero-order chi connectivity index (χ0) is 21.1. The number of nitrogens with zero attached hydrogens (tertiary/aromatic N) is 3. The van der Waals surface area contributed by atoms with Gasteiger partial charge < -0.3 is 9.64 Å². The normalized spacial score (nSPS) is 13.7. The number of hydrogen-bond donors (Lipinski definition) is 0. The molecule has 4 rings (SSSR count). The Balaban J connectivity index is 1.84. The van der Waals surface area contributed by atoms with E-state index in [1.807, 2.05) is 48.5 Å². The van der Waals surface area contributed by atoms with E-state index in [2.05, 4.69) is 4.98 Å². The number of benzene rings is 2. The van der Waals surface area contributed by atoms with Crippen molar-refractivity contribution >= 4 is 23.1 Å². The Labute approximate surface area is 175 Å². The van der Waals surface area contributed by atoms with Crippen LogP contribution in [-0.2, 0) is 16.1 Å². The lowest BCUT2D eigenvalue weighted by atomic mass is 10.0. The molecule has 2 aromatic carbocycles. The minimum Gasteiger partial charge on any atom is -0.496 e. The molecule has 0 N–H and O–H groups in total. The standard InChI is InChI=1S/C24H21N3O3/c1-26(18-11-4-3-5-12-18)22-21(19-13-6-7-14-20(19)30-2)23(28)27(24(22)29)16-17-10-8-9-15-25-17/h3-15H,16H2,1-2H3. The van der Waals surface area contributed by atoms with Crippen molar-refractivity contribution in [2.24, 2.45) is 0 Å². The molecular weight excluding hydrogens is 378 g/mol. The molecule has 0 saturated carbocycles. The first-order valence-electron chi connectivity index (χ1n) is 9.54. The minimum absolute atomic E-state index is 0.100. The molecule has 0 saturated heterocycles. The molecule has 0 aliphatic carbocycles. The lowest BCUT2D eigenvalue weighted by Crippen LogP contribution is -2.34. The lowest BCUT2D eigenvalue weighted by molar-refractivity contribution is -0.137. The molecule has 2 heterocycles. The second-order valence-corrected chi connectivity index (χ2v) is 6.84. The molecule has 0 spiro atoms. The lowest BCUT2D eigenvalue weighted by Gasteiger charge is -2.21. The molecule has 3 aromatic rings. The molecule has 6 nitrogen and oxygen atoms in total. The molecule has 1 aliphatic rings. The van der Waals surface area contributed by atoms with Gasteiger partial charge in [-0.25, -0.2) is 0 Å². The summed E-state index contributed by atoms with van der Waals surface area (Å²) in [6.07, 6.45) is 1.64. The zero-order valence-electron chi connectivity index (χ0n) is 16.8. The molecule has 2 amide bonds. The van der Waals surface area contributed by atoms with E-state index in [0.29, 0.717) is 28.3 Å². The number of carbonyl (C=O) groups excluding carboxylic acids is 2. The van der Waals surface area contributed by atoms with E-state index in [1.54, 1.807) is 49.5 Å². The van der Waals surface area contributed by atoms with Gasteiger partial charge in [-0.05, 0) is 30.3 Å². The Morgan fingerprint density at radius 2 is 1.60 bits per heavy atom. The van der Waals surface area contributed by atoms with Crippen LogP contribution in [0.3, 0.4) is 0 Å². The van der Waals surface area contributed by atoms with Gasteiger partial charge >= 0.3 is 0 Å². The van der Waals surface area contributed by atoms with Gasteiger partial charge in [0, 0.05) is 24.5 Å². The number of anilines is 1. The molecule has 0 fully saturated rings. The van der Waals surface area contributed by atoms with Crippen molar-refractivity contribution in [3.8, 4) is 5.75 Å². The topological polar surface area (TPSA) is 62.7 Å². The summed E-state index contributed by atoms with van der Waals surface area (Å²) in [5, 5.41) is 0. The first kappa shape index (κ1) is 19.4. The maximum absolute atomic E-state index is 13.5. The monoisotopic (exact) mass is 399 g/mol. The van der Waals surface area contributed by atoms with Crippen LogP contribution >= 0.6 is 0 Å². The summed E-state index contributed by atoms with van der Waals surface area (Å²) in [7, 11) is 3.34. The third-order valence-corrected chi connectivity index (χ3v) is 5.05. The number of para-hydroxylation sites is 2. The number of aromatic nitrogens is 1. The predicted octanol–water partition coefficient (Wildman–Crippen LogP) is 3.51. The fraction of sp³-hybridized carbons (Fsp3) is 0.125. The Bertz CT molecular complexity index is 1110. The van der Waals surface area contributed by atoms with Crippen molar-refractivity contribution in [2.45, 2.75) is 6.54 Å². The van der Waals surface area contributed by atoms with Crippen molar-refractivity contribution in [1.29, 1.82) is 0 Å². The highest BCUT2D eigenvalue weighted by atomic mass is 16.5. The summed E-state index contributed by atoms with van der Waals surface area (Å²) in [6.45, 7) is 0.100. The second-order valence-electron chi connectivity index (χ2n) is 6.84. The number of imide groups is 1. The van der Waals surface area contributed by atoms with E-state index in [-0.39, 0.29) is 18.4 Å². The van der Waals surface area contributed by atoms with E-state index < -0.39 is 0 Å². The van der Waals surface area contributed by atoms with Crippen LogP contribution in [0.1, 0.15) is 11.3 Å². The summed E-state index contributed by atoms with van der Waals surface area (Å²) in [6, 6.07) is 22.1. The van der Waals surface area contributed by atoms with E-state index in [0.717, 1.165) is 5.69 Å². The molecule has 0 radical (unpaired) electrons. The van der Waals surface area contributed by atoms with E-state index in [9.17, 15) is 9.59 Å². The van der Waals surface area contributed by atoms with Crippen LogP contribution in [-0.4, -0.2) is 35.9 Å².